The fourth-order valence-corrected chi connectivity index (χ4v) is 9.39. The summed E-state index contributed by atoms with van der Waals surface area (Å²) >= 11 is 1.86. The van der Waals surface area contributed by atoms with E-state index in [1.54, 1.807) is 0 Å². The molecule has 3 N–H and O–H groups in total. The summed E-state index contributed by atoms with van der Waals surface area (Å²) in [5.74, 6) is 0. The van der Waals surface area contributed by atoms with E-state index in [2.05, 4.69) is 149 Å². The van der Waals surface area contributed by atoms with Crippen molar-refractivity contribution in [2.75, 3.05) is 0 Å². The molecule has 1 aliphatic rings. The van der Waals surface area contributed by atoms with Crippen molar-refractivity contribution in [2.45, 2.75) is 18.5 Å². The molecule has 3 aromatic heterocycles. The Kier molecular flexibility index (Phi) is 6.48. The molecule has 0 aliphatic carbocycles. The van der Waals surface area contributed by atoms with Gasteiger partial charge in [0.2, 0.25) is 0 Å². The normalized spacial score (nSPS) is 18.2. The van der Waals surface area contributed by atoms with Crippen molar-refractivity contribution in [3.63, 3.8) is 0 Å². The van der Waals surface area contributed by atoms with Gasteiger partial charge < -0.3 is 8.83 Å². The summed E-state index contributed by atoms with van der Waals surface area (Å²) in [7, 11) is 0. The number of furan rings is 2. The van der Waals surface area contributed by atoms with E-state index in [9.17, 15) is 0 Å². The Labute approximate surface area is 297 Å². The number of hydrogen-bond donors (Lipinski definition) is 3. The van der Waals surface area contributed by atoms with Gasteiger partial charge in [-0.2, -0.15) is 0 Å². The number of fused-ring (bicyclic) bond motifs is 9. The molecule has 4 heterocycles. The summed E-state index contributed by atoms with van der Waals surface area (Å²) < 4.78 is 15.3. The molecule has 0 amide bonds. The maximum absolute atomic E-state index is 6.50. The Morgan fingerprint density at radius 1 is 0.392 bits per heavy atom. The molecule has 0 radical (unpaired) electrons. The number of rotatable bonds is 4. The molecule has 0 saturated carbocycles. The Morgan fingerprint density at radius 3 is 1.80 bits per heavy atom. The van der Waals surface area contributed by atoms with Crippen LogP contribution in [0.25, 0.3) is 75.2 Å². The Balaban J connectivity index is 1.05. The Morgan fingerprint density at radius 2 is 0.980 bits per heavy atom. The van der Waals surface area contributed by atoms with Crippen LogP contribution in [0, 0.1) is 0 Å². The van der Waals surface area contributed by atoms with Crippen molar-refractivity contribution in [3.8, 4) is 11.1 Å². The number of thiophene rings is 1. The maximum Gasteiger partial charge on any atom is 0.143 e. The minimum absolute atomic E-state index is 0.0836. The Bertz CT molecular complexity index is 2940. The molecule has 0 bridgehead atoms. The van der Waals surface area contributed by atoms with E-state index in [0.29, 0.717) is 0 Å². The third-order valence-corrected chi connectivity index (χ3v) is 11.7. The molecule has 5 nitrogen and oxygen atoms in total. The second-order valence-electron chi connectivity index (χ2n) is 13.4. The smallest absolute Gasteiger partial charge is 0.143 e. The van der Waals surface area contributed by atoms with Gasteiger partial charge in [-0.1, -0.05) is 133 Å². The number of para-hydroxylation sites is 3. The van der Waals surface area contributed by atoms with E-state index in [4.69, 9.17) is 8.83 Å². The highest BCUT2D eigenvalue weighted by molar-refractivity contribution is 7.26. The number of hydrogen-bond acceptors (Lipinski definition) is 6. The van der Waals surface area contributed by atoms with Gasteiger partial charge in [0.1, 0.15) is 22.3 Å². The zero-order chi connectivity index (χ0) is 33.5. The first-order valence-electron chi connectivity index (χ1n) is 17.4. The summed E-state index contributed by atoms with van der Waals surface area (Å²) in [6.45, 7) is 0. The molecular weight excluding hydrogens is 647 g/mol. The third kappa shape index (κ3) is 4.58. The molecule has 6 heteroatoms. The fraction of sp³-hybridized carbons (Fsp3) is 0.0667. The molecule has 7 aromatic carbocycles. The lowest BCUT2D eigenvalue weighted by Crippen LogP contribution is -2.54. The van der Waals surface area contributed by atoms with E-state index in [1.807, 2.05) is 29.5 Å². The van der Waals surface area contributed by atoms with Crippen LogP contribution in [0.15, 0.2) is 160 Å². The monoisotopic (exact) mass is 677 g/mol. The molecule has 244 valence electrons. The number of nitrogens with one attached hydrogen (secondary N) is 3. The van der Waals surface area contributed by atoms with E-state index in [1.165, 1.54) is 36.9 Å². The van der Waals surface area contributed by atoms with Gasteiger partial charge in [-0.05, 0) is 29.3 Å². The van der Waals surface area contributed by atoms with Gasteiger partial charge in [-0.3, -0.25) is 16.0 Å². The number of benzene rings is 7. The predicted octanol–water partition coefficient (Wildman–Crippen LogP) is 11.7. The summed E-state index contributed by atoms with van der Waals surface area (Å²) in [5, 5.41) is 18.8. The van der Waals surface area contributed by atoms with Crippen LogP contribution in [-0.2, 0) is 0 Å². The van der Waals surface area contributed by atoms with Gasteiger partial charge in [0, 0.05) is 58.4 Å². The van der Waals surface area contributed by atoms with Gasteiger partial charge >= 0.3 is 0 Å². The lowest BCUT2D eigenvalue weighted by atomic mass is 9.99. The lowest BCUT2D eigenvalue weighted by molar-refractivity contribution is 0.204. The second kappa shape index (κ2) is 11.4. The van der Waals surface area contributed by atoms with Crippen molar-refractivity contribution in [3.05, 3.63) is 168 Å². The van der Waals surface area contributed by atoms with Crippen molar-refractivity contribution in [1.29, 1.82) is 0 Å². The average Bonchev–Trinajstić information content (AvgIpc) is 3.89. The summed E-state index contributed by atoms with van der Waals surface area (Å²) in [6.07, 6.45) is -0.350. The first-order chi connectivity index (χ1) is 25.3. The molecule has 11 rings (SSSR count). The summed E-state index contributed by atoms with van der Waals surface area (Å²) in [6, 6.07) is 53.6. The standard InChI is InChI=1S/C45H31N3O2S/c1-2-11-26(12-3-1)43-46-44(27-23-24-30-28-13-4-6-21-37(28)49-39(30)25-27)48-45(47-43)36-20-10-19-35-34-18-9-17-33(41(34)51-42(35)36)32-16-8-15-31-29-14-5-7-22-38(29)50-40(31)32/h1-25,43-48H. The highest BCUT2D eigenvalue weighted by atomic mass is 32.1. The lowest BCUT2D eigenvalue weighted by Gasteiger charge is -2.39. The van der Waals surface area contributed by atoms with E-state index in [-0.39, 0.29) is 18.5 Å². The highest BCUT2D eigenvalue weighted by Gasteiger charge is 2.31. The molecule has 1 fully saturated rings. The van der Waals surface area contributed by atoms with Crippen LogP contribution < -0.4 is 16.0 Å². The first-order valence-corrected chi connectivity index (χ1v) is 18.2. The van der Waals surface area contributed by atoms with Crippen molar-refractivity contribution in [1.82, 2.24) is 16.0 Å². The van der Waals surface area contributed by atoms with Crippen LogP contribution in [0.5, 0.6) is 0 Å². The summed E-state index contributed by atoms with van der Waals surface area (Å²) in [5.41, 5.74) is 9.48. The molecule has 1 aliphatic heterocycles. The van der Waals surface area contributed by atoms with E-state index >= 15 is 0 Å². The molecule has 3 atom stereocenters. The van der Waals surface area contributed by atoms with Crippen molar-refractivity contribution >= 4 is 75.4 Å². The Hall–Kier alpha value is -5.76. The van der Waals surface area contributed by atoms with Crippen LogP contribution >= 0.6 is 11.3 Å². The molecule has 3 unspecified atom stereocenters. The highest BCUT2D eigenvalue weighted by Crippen LogP contribution is 2.45. The second-order valence-corrected chi connectivity index (χ2v) is 14.4. The van der Waals surface area contributed by atoms with Gasteiger partial charge in [-0.25, -0.2) is 0 Å². The van der Waals surface area contributed by atoms with Gasteiger partial charge in [0.25, 0.3) is 0 Å². The molecular formula is C45H31N3O2S. The quantitative estimate of drug-likeness (QED) is 0.173. The van der Waals surface area contributed by atoms with Crippen molar-refractivity contribution in [2.24, 2.45) is 0 Å². The molecule has 10 aromatic rings. The van der Waals surface area contributed by atoms with Crippen LogP contribution in [0.3, 0.4) is 0 Å². The van der Waals surface area contributed by atoms with Crippen LogP contribution in [0.1, 0.15) is 35.2 Å². The average molecular weight is 678 g/mol. The maximum atomic E-state index is 6.50. The first kappa shape index (κ1) is 29.0. The minimum atomic E-state index is -0.134. The predicted molar refractivity (Wildman–Crippen MR) is 210 cm³/mol. The van der Waals surface area contributed by atoms with Gasteiger partial charge in [-0.15, -0.1) is 11.3 Å². The molecule has 1 saturated heterocycles. The SMILES string of the molecule is c1ccc(C2NC(c3ccc4c(c3)oc3ccccc34)NC(c3cccc4c3sc3c(-c5cccc6c5oc5ccccc56)cccc34)N2)cc1. The minimum Gasteiger partial charge on any atom is -0.456 e. The van der Waals surface area contributed by atoms with Gasteiger partial charge in [0.15, 0.2) is 0 Å². The third-order valence-electron chi connectivity index (χ3n) is 10.4. The van der Waals surface area contributed by atoms with E-state index < -0.39 is 0 Å². The zero-order valence-corrected chi connectivity index (χ0v) is 28.2. The zero-order valence-electron chi connectivity index (χ0n) is 27.4. The fourth-order valence-electron chi connectivity index (χ4n) is 8.02. The van der Waals surface area contributed by atoms with E-state index in [0.717, 1.165) is 55.0 Å². The van der Waals surface area contributed by atoms with Crippen LogP contribution in [-0.4, -0.2) is 0 Å². The van der Waals surface area contributed by atoms with Crippen LogP contribution in [0.4, 0.5) is 0 Å². The molecule has 51 heavy (non-hydrogen) atoms. The topological polar surface area (TPSA) is 62.4 Å². The van der Waals surface area contributed by atoms with Gasteiger partial charge in [0.05, 0.1) is 18.5 Å². The van der Waals surface area contributed by atoms with Crippen molar-refractivity contribution < 1.29 is 8.83 Å². The molecule has 0 spiro atoms. The largest absolute Gasteiger partial charge is 0.456 e. The van der Waals surface area contributed by atoms with Crippen LogP contribution in [0.2, 0.25) is 0 Å². The summed E-state index contributed by atoms with van der Waals surface area (Å²) in [4.78, 5) is 0.